The van der Waals surface area contributed by atoms with Gasteiger partial charge >= 0.3 is 6.09 Å². The summed E-state index contributed by atoms with van der Waals surface area (Å²) < 4.78 is 5.23. The molecule has 0 saturated heterocycles. The highest BCUT2D eigenvalue weighted by atomic mass is 16.6. The minimum Gasteiger partial charge on any atom is -0.504 e. The third-order valence-corrected chi connectivity index (χ3v) is 3.90. The first-order chi connectivity index (χ1) is 11.4. The maximum absolute atomic E-state index is 12.1. The molecule has 0 spiro atoms. The number of likely N-dealkylation sites (N-methyl/N-ethyl adjacent to an activating group) is 1. The van der Waals surface area contributed by atoms with Crippen LogP contribution in [0, 0.1) is 0 Å². The highest BCUT2D eigenvalue weighted by Gasteiger charge is 2.25. The molecule has 24 heavy (non-hydrogen) atoms. The van der Waals surface area contributed by atoms with E-state index in [1.165, 1.54) is 30.1 Å². The van der Waals surface area contributed by atoms with Gasteiger partial charge in [-0.2, -0.15) is 0 Å². The van der Waals surface area contributed by atoms with Crippen molar-refractivity contribution in [3.63, 3.8) is 0 Å². The molecule has 0 fully saturated rings. The second-order valence-corrected chi connectivity index (χ2v) is 5.58. The molecular formula is C18H21NO5. The van der Waals surface area contributed by atoms with E-state index in [0.717, 1.165) is 5.56 Å². The first-order valence-electron chi connectivity index (χ1n) is 7.53. The van der Waals surface area contributed by atoms with Crippen molar-refractivity contribution in [3.8, 4) is 11.5 Å². The van der Waals surface area contributed by atoms with Crippen LogP contribution < -0.4 is 0 Å². The van der Waals surface area contributed by atoms with Gasteiger partial charge in [0.25, 0.3) is 0 Å². The molecule has 3 N–H and O–H groups in total. The molecule has 2 aromatic rings. The number of carbonyl (C=O) groups is 1. The van der Waals surface area contributed by atoms with Crippen molar-refractivity contribution in [2.75, 3.05) is 7.05 Å². The third-order valence-electron chi connectivity index (χ3n) is 3.90. The topological polar surface area (TPSA) is 90.2 Å². The maximum Gasteiger partial charge on any atom is 0.410 e. The summed E-state index contributed by atoms with van der Waals surface area (Å²) in [6.45, 7) is 1.81. The standard InChI is InChI=1S/C18H21NO5/c1-12(17(22)14-8-9-15(20)16(21)10-14)19(2)18(23)24-11-13-6-4-3-5-7-13/h3-10,12,17,20-22H,11H2,1-2H3/t12-,17-/m0/s1. The lowest BCUT2D eigenvalue weighted by molar-refractivity contribution is 0.0477. The van der Waals surface area contributed by atoms with Crippen molar-refractivity contribution in [2.45, 2.75) is 25.7 Å². The van der Waals surface area contributed by atoms with Crippen molar-refractivity contribution in [3.05, 3.63) is 59.7 Å². The van der Waals surface area contributed by atoms with Crippen molar-refractivity contribution >= 4 is 6.09 Å². The minimum atomic E-state index is -1.04. The van der Waals surface area contributed by atoms with Crippen LogP contribution in [0.1, 0.15) is 24.2 Å². The lowest BCUT2D eigenvalue weighted by atomic mass is 10.0. The van der Waals surface area contributed by atoms with Gasteiger partial charge in [-0.25, -0.2) is 4.79 Å². The number of carbonyl (C=O) groups excluding carboxylic acids is 1. The number of aromatic hydroxyl groups is 2. The van der Waals surface area contributed by atoms with E-state index >= 15 is 0 Å². The summed E-state index contributed by atoms with van der Waals surface area (Å²) in [5.74, 6) is -0.595. The zero-order valence-electron chi connectivity index (χ0n) is 13.6. The fourth-order valence-electron chi connectivity index (χ4n) is 2.20. The van der Waals surface area contributed by atoms with Gasteiger partial charge in [0.1, 0.15) is 6.61 Å². The van der Waals surface area contributed by atoms with E-state index in [0.29, 0.717) is 5.56 Å². The summed E-state index contributed by atoms with van der Waals surface area (Å²) >= 11 is 0. The molecule has 0 aliphatic rings. The Bertz CT molecular complexity index is 689. The molecule has 0 aromatic heterocycles. The van der Waals surface area contributed by atoms with Crippen LogP contribution in [0.5, 0.6) is 11.5 Å². The van der Waals surface area contributed by atoms with Gasteiger partial charge < -0.3 is 25.0 Å². The predicted octanol–water partition coefficient (Wildman–Crippen LogP) is 2.79. The SMILES string of the molecule is C[C@@H]([C@H](O)c1ccc(O)c(O)c1)N(C)C(=O)OCc1ccccc1. The van der Waals surface area contributed by atoms with Gasteiger partial charge in [-0.05, 0) is 30.2 Å². The van der Waals surface area contributed by atoms with Crippen LogP contribution in [-0.4, -0.2) is 39.4 Å². The molecule has 128 valence electrons. The molecule has 0 aliphatic carbocycles. The number of nitrogens with zero attached hydrogens (tertiary/aromatic N) is 1. The van der Waals surface area contributed by atoms with Gasteiger partial charge in [0.05, 0.1) is 12.1 Å². The van der Waals surface area contributed by atoms with E-state index in [1.54, 1.807) is 6.92 Å². The molecule has 0 unspecified atom stereocenters. The van der Waals surface area contributed by atoms with Crippen molar-refractivity contribution in [1.82, 2.24) is 4.90 Å². The van der Waals surface area contributed by atoms with Gasteiger partial charge in [-0.3, -0.25) is 0 Å². The predicted molar refractivity (Wildman–Crippen MR) is 88.6 cm³/mol. The van der Waals surface area contributed by atoms with E-state index in [4.69, 9.17) is 4.74 Å². The number of phenols is 2. The first-order valence-corrected chi connectivity index (χ1v) is 7.53. The summed E-state index contributed by atoms with van der Waals surface area (Å²) in [6, 6.07) is 12.7. The molecule has 0 bridgehead atoms. The number of ether oxygens (including phenoxy) is 1. The molecular weight excluding hydrogens is 310 g/mol. The molecule has 0 aliphatic heterocycles. The van der Waals surface area contributed by atoms with Crippen LogP contribution in [0.4, 0.5) is 4.79 Å². The molecule has 0 heterocycles. The Hall–Kier alpha value is -2.73. The Morgan fingerprint density at radius 2 is 1.79 bits per heavy atom. The van der Waals surface area contributed by atoms with Crippen LogP contribution in [0.15, 0.2) is 48.5 Å². The van der Waals surface area contributed by atoms with Crippen LogP contribution in [0.3, 0.4) is 0 Å². The molecule has 0 saturated carbocycles. The van der Waals surface area contributed by atoms with Crippen LogP contribution in [0.2, 0.25) is 0 Å². The zero-order valence-corrected chi connectivity index (χ0v) is 13.6. The van der Waals surface area contributed by atoms with Crippen LogP contribution in [-0.2, 0) is 11.3 Å². The van der Waals surface area contributed by atoms with Crippen LogP contribution >= 0.6 is 0 Å². The van der Waals surface area contributed by atoms with Gasteiger partial charge in [0.15, 0.2) is 11.5 Å². The largest absolute Gasteiger partial charge is 0.504 e. The summed E-state index contributed by atoms with van der Waals surface area (Å²) in [4.78, 5) is 13.4. The maximum atomic E-state index is 12.1. The average molecular weight is 331 g/mol. The van der Waals surface area contributed by atoms with Crippen LogP contribution in [0.25, 0.3) is 0 Å². The van der Waals surface area contributed by atoms with Gasteiger partial charge in [-0.15, -0.1) is 0 Å². The van der Waals surface area contributed by atoms with Gasteiger partial charge in [0, 0.05) is 7.05 Å². The second-order valence-electron chi connectivity index (χ2n) is 5.58. The third kappa shape index (κ3) is 4.17. The number of hydrogen-bond donors (Lipinski definition) is 3. The summed E-state index contributed by atoms with van der Waals surface area (Å²) in [7, 11) is 1.53. The number of hydrogen-bond acceptors (Lipinski definition) is 5. The molecule has 2 atom stereocenters. The van der Waals surface area contributed by atoms with E-state index in [9.17, 15) is 20.1 Å². The number of aliphatic hydroxyl groups is 1. The van der Waals surface area contributed by atoms with Crippen molar-refractivity contribution in [1.29, 1.82) is 0 Å². The lowest BCUT2D eigenvalue weighted by Gasteiger charge is -2.28. The lowest BCUT2D eigenvalue weighted by Crippen LogP contribution is -2.39. The Labute approximate surface area is 140 Å². The molecule has 0 radical (unpaired) electrons. The summed E-state index contributed by atoms with van der Waals surface area (Å²) in [5, 5.41) is 29.2. The Balaban J connectivity index is 1.98. The molecule has 2 aromatic carbocycles. The van der Waals surface area contributed by atoms with Crippen molar-refractivity contribution < 1.29 is 24.9 Å². The van der Waals surface area contributed by atoms with E-state index in [-0.39, 0.29) is 18.1 Å². The zero-order chi connectivity index (χ0) is 17.7. The highest BCUT2D eigenvalue weighted by Crippen LogP contribution is 2.30. The number of benzene rings is 2. The van der Waals surface area contributed by atoms with Crippen molar-refractivity contribution in [2.24, 2.45) is 0 Å². The fourth-order valence-corrected chi connectivity index (χ4v) is 2.20. The molecule has 6 heteroatoms. The van der Waals surface area contributed by atoms with E-state index in [1.807, 2.05) is 30.3 Å². The smallest absolute Gasteiger partial charge is 0.410 e. The molecule has 6 nitrogen and oxygen atoms in total. The van der Waals surface area contributed by atoms with Gasteiger partial charge in [0.2, 0.25) is 0 Å². The Morgan fingerprint density at radius 1 is 1.12 bits per heavy atom. The number of rotatable bonds is 5. The normalized spacial score (nSPS) is 13.1. The minimum absolute atomic E-state index is 0.146. The number of phenolic OH excluding ortho intramolecular Hbond substituents is 2. The number of amides is 1. The molecule has 1 amide bonds. The van der Waals surface area contributed by atoms with E-state index < -0.39 is 18.2 Å². The fraction of sp³-hybridized carbons (Fsp3) is 0.278. The Morgan fingerprint density at radius 3 is 2.42 bits per heavy atom. The quantitative estimate of drug-likeness (QED) is 0.733. The highest BCUT2D eigenvalue weighted by molar-refractivity contribution is 5.67. The first kappa shape index (κ1) is 17.6. The monoisotopic (exact) mass is 331 g/mol. The molecule has 2 rings (SSSR count). The average Bonchev–Trinajstić information content (AvgIpc) is 2.61. The second kappa shape index (κ2) is 7.70. The summed E-state index contributed by atoms with van der Waals surface area (Å²) in [5.41, 5.74) is 1.26. The Kier molecular flexibility index (Phi) is 5.65. The summed E-state index contributed by atoms with van der Waals surface area (Å²) in [6.07, 6.45) is -1.60. The number of aliphatic hydroxyl groups excluding tert-OH is 1. The van der Waals surface area contributed by atoms with Gasteiger partial charge in [-0.1, -0.05) is 36.4 Å². The van der Waals surface area contributed by atoms with E-state index in [2.05, 4.69) is 0 Å².